The predicted octanol–water partition coefficient (Wildman–Crippen LogP) is 1.57. The van der Waals surface area contributed by atoms with Gasteiger partial charge in [-0.3, -0.25) is 4.79 Å². The van der Waals surface area contributed by atoms with Gasteiger partial charge in [-0.2, -0.15) is 9.57 Å². The molecule has 1 aromatic carbocycles. The molecule has 0 radical (unpaired) electrons. The molecule has 0 bridgehead atoms. The van der Waals surface area contributed by atoms with Crippen molar-refractivity contribution in [2.24, 2.45) is 5.92 Å². The Morgan fingerprint density at radius 2 is 2.14 bits per heavy atom. The maximum atomic E-state index is 13.7. The lowest BCUT2D eigenvalue weighted by Crippen LogP contribution is -2.47. The fraction of sp³-hybridized carbons (Fsp3) is 0.429. The molecule has 6 nitrogen and oxygen atoms in total. The van der Waals surface area contributed by atoms with Crippen LogP contribution < -0.4 is 0 Å². The van der Waals surface area contributed by atoms with E-state index in [1.54, 1.807) is 13.0 Å². The fourth-order valence-corrected chi connectivity index (χ4v) is 4.21. The van der Waals surface area contributed by atoms with Gasteiger partial charge in [0.1, 0.15) is 11.9 Å². The molecule has 0 aromatic heterocycles. The monoisotopic (exact) mass is 326 g/mol. The Kier molecular flexibility index (Phi) is 4.49. The second kappa shape index (κ2) is 6.02. The number of halogens is 1. The molecule has 1 heterocycles. The van der Waals surface area contributed by atoms with Crippen molar-refractivity contribution in [3.8, 4) is 6.07 Å². The third-order valence-electron chi connectivity index (χ3n) is 3.84. The van der Waals surface area contributed by atoms with E-state index in [-0.39, 0.29) is 23.0 Å². The summed E-state index contributed by atoms with van der Waals surface area (Å²) >= 11 is 0. The zero-order valence-electron chi connectivity index (χ0n) is 11.9. The number of aliphatic carboxylic acids is 1. The van der Waals surface area contributed by atoms with Crippen LogP contribution in [0.3, 0.4) is 0 Å². The largest absolute Gasteiger partial charge is 0.481 e. The number of sulfonamides is 1. The third kappa shape index (κ3) is 2.96. The minimum absolute atomic E-state index is 0.138. The van der Waals surface area contributed by atoms with Crippen molar-refractivity contribution in [2.45, 2.75) is 30.7 Å². The lowest BCUT2D eigenvalue weighted by Gasteiger charge is -2.35. The number of hydrogen-bond acceptors (Lipinski definition) is 4. The minimum atomic E-state index is -4.00. The Hall–Kier alpha value is -1.98. The van der Waals surface area contributed by atoms with Gasteiger partial charge in [-0.25, -0.2) is 12.8 Å². The summed E-state index contributed by atoms with van der Waals surface area (Å²) in [6, 6.07) is 4.32. The van der Waals surface area contributed by atoms with Crippen LogP contribution in [0.4, 0.5) is 4.39 Å². The summed E-state index contributed by atoms with van der Waals surface area (Å²) in [4.78, 5) is 10.8. The lowest BCUT2D eigenvalue weighted by atomic mass is 9.96. The minimum Gasteiger partial charge on any atom is -0.481 e. The summed E-state index contributed by atoms with van der Waals surface area (Å²) in [6.45, 7) is 1.55. The Morgan fingerprint density at radius 1 is 1.45 bits per heavy atom. The zero-order chi connectivity index (χ0) is 16.5. The summed E-state index contributed by atoms with van der Waals surface area (Å²) in [6.07, 6.45) is 0.833. The first-order chi connectivity index (χ1) is 10.3. The zero-order valence-corrected chi connectivity index (χ0v) is 12.7. The maximum Gasteiger partial charge on any atom is 0.307 e. The maximum absolute atomic E-state index is 13.7. The molecule has 2 rings (SSSR count). The van der Waals surface area contributed by atoms with Crippen LogP contribution in [0.15, 0.2) is 23.1 Å². The second-order valence-electron chi connectivity index (χ2n) is 5.29. The van der Waals surface area contributed by atoms with Crippen molar-refractivity contribution in [3.05, 3.63) is 29.6 Å². The molecule has 0 spiro atoms. The Labute approximate surface area is 127 Å². The van der Waals surface area contributed by atoms with Crippen molar-refractivity contribution in [1.29, 1.82) is 5.26 Å². The van der Waals surface area contributed by atoms with Crippen LogP contribution in [0, 0.1) is 23.1 Å². The van der Waals surface area contributed by atoms with Crippen LogP contribution in [0.5, 0.6) is 0 Å². The molecule has 2 atom stereocenters. The molecule has 1 aliphatic rings. The molecule has 0 aliphatic carbocycles. The smallest absolute Gasteiger partial charge is 0.307 e. The summed E-state index contributed by atoms with van der Waals surface area (Å²) in [7, 11) is -4.00. The van der Waals surface area contributed by atoms with Crippen LogP contribution in [0.25, 0.3) is 0 Å². The van der Waals surface area contributed by atoms with Gasteiger partial charge in [-0.1, -0.05) is 0 Å². The van der Waals surface area contributed by atoms with E-state index in [1.807, 2.05) is 0 Å². The van der Waals surface area contributed by atoms with Crippen LogP contribution in [-0.4, -0.2) is 36.4 Å². The van der Waals surface area contributed by atoms with E-state index in [2.05, 4.69) is 0 Å². The SMILES string of the molecule is CC1CCC(C(=O)O)CN1S(=O)(=O)c1ccc(C#N)c(F)c1. The molecular weight excluding hydrogens is 311 g/mol. The summed E-state index contributed by atoms with van der Waals surface area (Å²) in [5.74, 6) is -2.73. The molecule has 0 saturated carbocycles. The van der Waals surface area contributed by atoms with Gasteiger partial charge < -0.3 is 5.11 Å². The number of carbonyl (C=O) groups is 1. The first-order valence-corrected chi connectivity index (χ1v) is 8.15. The highest BCUT2D eigenvalue weighted by molar-refractivity contribution is 7.89. The molecular formula is C14H15FN2O4S. The van der Waals surface area contributed by atoms with Crippen molar-refractivity contribution in [1.82, 2.24) is 4.31 Å². The van der Waals surface area contributed by atoms with Gasteiger partial charge in [0.2, 0.25) is 10.0 Å². The van der Waals surface area contributed by atoms with E-state index < -0.39 is 27.7 Å². The second-order valence-corrected chi connectivity index (χ2v) is 7.18. The number of piperidine rings is 1. The topological polar surface area (TPSA) is 98.5 Å². The molecule has 1 aromatic rings. The average Bonchev–Trinajstić information content (AvgIpc) is 2.47. The molecule has 0 amide bonds. The van der Waals surface area contributed by atoms with Gasteiger partial charge in [-0.05, 0) is 38.0 Å². The number of rotatable bonds is 3. The quantitative estimate of drug-likeness (QED) is 0.909. The van der Waals surface area contributed by atoms with Gasteiger partial charge in [0.15, 0.2) is 0 Å². The van der Waals surface area contributed by atoms with Crippen molar-refractivity contribution in [3.63, 3.8) is 0 Å². The Bertz CT molecular complexity index is 742. The first-order valence-electron chi connectivity index (χ1n) is 6.71. The molecule has 22 heavy (non-hydrogen) atoms. The highest BCUT2D eigenvalue weighted by Gasteiger charge is 2.37. The molecule has 118 valence electrons. The Balaban J connectivity index is 2.38. The lowest BCUT2D eigenvalue weighted by molar-refractivity contribution is -0.143. The van der Waals surface area contributed by atoms with E-state index >= 15 is 0 Å². The van der Waals surface area contributed by atoms with E-state index in [0.717, 1.165) is 22.5 Å². The van der Waals surface area contributed by atoms with Crippen LogP contribution in [0.1, 0.15) is 25.3 Å². The van der Waals surface area contributed by atoms with Gasteiger partial charge in [0, 0.05) is 12.6 Å². The normalized spacial score (nSPS) is 23.0. The number of hydrogen-bond donors (Lipinski definition) is 1. The Morgan fingerprint density at radius 3 is 2.68 bits per heavy atom. The van der Waals surface area contributed by atoms with Crippen molar-refractivity contribution < 1.29 is 22.7 Å². The van der Waals surface area contributed by atoms with Gasteiger partial charge in [0.25, 0.3) is 0 Å². The molecule has 2 unspecified atom stereocenters. The average molecular weight is 326 g/mol. The molecule has 8 heteroatoms. The number of benzene rings is 1. The number of carboxylic acid groups (broad SMARTS) is 1. The van der Waals surface area contributed by atoms with Gasteiger partial charge in [0.05, 0.1) is 16.4 Å². The van der Waals surface area contributed by atoms with Gasteiger partial charge >= 0.3 is 5.97 Å². The standard InChI is InChI=1S/C14H15FN2O4S/c1-9-2-3-11(14(18)19)8-17(9)22(20,21)12-5-4-10(7-16)13(15)6-12/h4-6,9,11H,2-3,8H2,1H3,(H,18,19). The van der Waals surface area contributed by atoms with Crippen molar-refractivity contribution in [2.75, 3.05) is 6.54 Å². The highest BCUT2D eigenvalue weighted by atomic mass is 32.2. The fourth-order valence-electron chi connectivity index (χ4n) is 2.49. The van der Waals surface area contributed by atoms with Gasteiger partial charge in [-0.15, -0.1) is 0 Å². The molecule has 1 saturated heterocycles. The number of carboxylic acids is 1. The van der Waals surface area contributed by atoms with Crippen LogP contribution in [-0.2, 0) is 14.8 Å². The van der Waals surface area contributed by atoms with Crippen molar-refractivity contribution >= 4 is 16.0 Å². The molecule has 1 N–H and O–H groups in total. The number of nitrogens with zero attached hydrogens (tertiary/aromatic N) is 2. The molecule has 1 aliphatic heterocycles. The van der Waals surface area contributed by atoms with Crippen LogP contribution in [0.2, 0.25) is 0 Å². The van der Waals surface area contributed by atoms with E-state index in [0.29, 0.717) is 12.8 Å². The van der Waals surface area contributed by atoms with Crippen LogP contribution >= 0.6 is 0 Å². The van der Waals surface area contributed by atoms with E-state index in [1.165, 1.54) is 0 Å². The predicted molar refractivity (Wildman–Crippen MR) is 74.8 cm³/mol. The van der Waals surface area contributed by atoms with E-state index in [4.69, 9.17) is 10.4 Å². The summed E-state index contributed by atoms with van der Waals surface area (Å²) in [5, 5.41) is 17.8. The summed E-state index contributed by atoms with van der Waals surface area (Å²) < 4.78 is 39.9. The van der Waals surface area contributed by atoms with E-state index in [9.17, 15) is 17.6 Å². The molecule has 1 fully saturated rings. The summed E-state index contributed by atoms with van der Waals surface area (Å²) in [5.41, 5.74) is -0.242. The third-order valence-corrected chi connectivity index (χ3v) is 5.82. The highest BCUT2D eigenvalue weighted by Crippen LogP contribution is 2.28. The first kappa shape index (κ1) is 16.4. The number of nitriles is 1.